The van der Waals surface area contributed by atoms with Crippen LogP contribution in [0.1, 0.15) is 82.3 Å². The molecular formula is C28H34. The van der Waals surface area contributed by atoms with E-state index in [0.717, 1.165) is 11.8 Å². The molecule has 0 aromatic heterocycles. The van der Waals surface area contributed by atoms with Crippen LogP contribution in [0, 0.1) is 11.8 Å². The van der Waals surface area contributed by atoms with Gasteiger partial charge in [0.15, 0.2) is 0 Å². The molecule has 0 aliphatic heterocycles. The summed E-state index contributed by atoms with van der Waals surface area (Å²) < 4.78 is 0. The van der Waals surface area contributed by atoms with Crippen molar-refractivity contribution in [2.24, 2.45) is 11.8 Å². The van der Waals surface area contributed by atoms with E-state index in [-0.39, 0.29) is 5.41 Å². The lowest BCUT2D eigenvalue weighted by molar-refractivity contribution is 0.157. The van der Waals surface area contributed by atoms with Crippen molar-refractivity contribution >= 4 is 0 Å². The minimum Gasteiger partial charge on any atom is -0.0853 e. The van der Waals surface area contributed by atoms with Gasteiger partial charge in [-0.25, -0.2) is 0 Å². The number of hydrogen-bond acceptors (Lipinski definition) is 0. The van der Waals surface area contributed by atoms with E-state index in [1.54, 1.807) is 16.7 Å². The molecule has 1 atom stereocenters. The van der Waals surface area contributed by atoms with Gasteiger partial charge in [-0.2, -0.15) is 0 Å². The molecule has 0 heteroatoms. The second-order valence-electron chi connectivity index (χ2n) is 9.32. The highest BCUT2D eigenvalue weighted by Gasteiger charge is 2.52. The summed E-state index contributed by atoms with van der Waals surface area (Å²) in [5, 5.41) is 0. The molecule has 1 fully saturated rings. The smallest absolute Gasteiger partial charge is 0.0271 e. The van der Waals surface area contributed by atoms with E-state index in [9.17, 15) is 0 Å². The normalized spacial score (nSPS) is 24.2. The molecule has 0 nitrogen and oxygen atoms in total. The molecule has 0 bridgehead atoms. The minimum atomic E-state index is 0.241. The summed E-state index contributed by atoms with van der Waals surface area (Å²) in [6, 6.07) is 18.9. The summed E-state index contributed by atoms with van der Waals surface area (Å²) in [6.07, 6.45) is 16.2. The van der Waals surface area contributed by atoms with Crippen LogP contribution in [0.5, 0.6) is 0 Å². The highest BCUT2D eigenvalue weighted by Crippen LogP contribution is 2.61. The quantitative estimate of drug-likeness (QED) is 0.479. The Labute approximate surface area is 171 Å². The van der Waals surface area contributed by atoms with Crippen LogP contribution in [0.4, 0.5) is 0 Å². The molecule has 1 saturated carbocycles. The van der Waals surface area contributed by atoms with E-state index in [2.05, 4.69) is 61.5 Å². The van der Waals surface area contributed by atoms with E-state index in [0.29, 0.717) is 0 Å². The summed E-state index contributed by atoms with van der Waals surface area (Å²) in [5.74, 6) is 1.57. The molecule has 2 aromatic rings. The standard InChI is InChI=1S/C28H34/c1-2-21-11-10-14-23(20-19-21)28(22-12-4-3-5-13-22)26-17-8-6-15-24(26)25-16-7-9-18-27(25)28/h6-9,11,15-18,22-23H,2-5,10,12-14,19-20H2,1H3. The number of allylic oxidation sites excluding steroid dienone is 2. The molecule has 3 aliphatic carbocycles. The highest BCUT2D eigenvalue weighted by molar-refractivity contribution is 5.81. The Morgan fingerprint density at radius 1 is 0.750 bits per heavy atom. The number of benzene rings is 2. The third-order valence-corrected chi connectivity index (χ3v) is 8.14. The fourth-order valence-corrected chi connectivity index (χ4v) is 6.94. The number of hydrogen-bond donors (Lipinski definition) is 0. The third kappa shape index (κ3) is 2.71. The van der Waals surface area contributed by atoms with Crippen LogP contribution in [0.3, 0.4) is 0 Å². The molecule has 2 aromatic carbocycles. The highest BCUT2D eigenvalue weighted by atomic mass is 14.5. The first-order valence-corrected chi connectivity index (χ1v) is 11.7. The molecule has 0 heterocycles. The summed E-state index contributed by atoms with van der Waals surface area (Å²) in [6.45, 7) is 2.34. The maximum Gasteiger partial charge on any atom is 0.0271 e. The van der Waals surface area contributed by atoms with Crippen molar-refractivity contribution in [2.75, 3.05) is 0 Å². The Morgan fingerprint density at radius 3 is 2.00 bits per heavy atom. The van der Waals surface area contributed by atoms with Crippen molar-refractivity contribution < 1.29 is 0 Å². The molecule has 28 heavy (non-hydrogen) atoms. The van der Waals surface area contributed by atoms with E-state index in [1.807, 2.05) is 0 Å². The zero-order chi connectivity index (χ0) is 19.0. The van der Waals surface area contributed by atoms with Gasteiger partial charge in [0.05, 0.1) is 0 Å². The Hall–Kier alpha value is -1.82. The van der Waals surface area contributed by atoms with E-state index < -0.39 is 0 Å². The fraction of sp³-hybridized carbons (Fsp3) is 0.500. The van der Waals surface area contributed by atoms with Crippen molar-refractivity contribution in [1.82, 2.24) is 0 Å². The van der Waals surface area contributed by atoms with Gasteiger partial charge in [0, 0.05) is 5.41 Å². The van der Waals surface area contributed by atoms with Crippen LogP contribution in [0.15, 0.2) is 60.2 Å². The molecule has 0 amide bonds. The Balaban J connectivity index is 1.69. The van der Waals surface area contributed by atoms with Gasteiger partial charge >= 0.3 is 0 Å². The second kappa shape index (κ2) is 7.54. The monoisotopic (exact) mass is 370 g/mol. The number of rotatable bonds is 3. The van der Waals surface area contributed by atoms with Gasteiger partial charge in [-0.05, 0) is 79.0 Å². The summed E-state index contributed by atoms with van der Waals surface area (Å²) in [5.41, 5.74) is 8.31. The Bertz CT molecular complexity index is 820. The van der Waals surface area contributed by atoms with E-state index in [1.165, 1.54) is 75.3 Å². The first-order chi connectivity index (χ1) is 13.9. The molecule has 0 radical (unpaired) electrons. The Kier molecular flexibility index (Phi) is 4.91. The van der Waals surface area contributed by atoms with Gasteiger partial charge in [0.1, 0.15) is 0 Å². The van der Waals surface area contributed by atoms with Gasteiger partial charge in [-0.3, -0.25) is 0 Å². The molecule has 0 spiro atoms. The largest absolute Gasteiger partial charge is 0.0853 e. The molecule has 0 N–H and O–H groups in total. The van der Waals surface area contributed by atoms with Crippen molar-refractivity contribution in [3.63, 3.8) is 0 Å². The van der Waals surface area contributed by atoms with Crippen LogP contribution in [-0.4, -0.2) is 0 Å². The van der Waals surface area contributed by atoms with E-state index in [4.69, 9.17) is 0 Å². The van der Waals surface area contributed by atoms with Gasteiger partial charge in [-0.15, -0.1) is 0 Å². The van der Waals surface area contributed by atoms with Crippen LogP contribution < -0.4 is 0 Å². The van der Waals surface area contributed by atoms with Gasteiger partial charge in [-0.1, -0.05) is 86.4 Å². The van der Waals surface area contributed by atoms with Gasteiger partial charge < -0.3 is 0 Å². The SMILES string of the molecule is CCC1=CCCC(C2(C3CCCCC3)c3ccccc3-c3ccccc32)CC1. The van der Waals surface area contributed by atoms with Crippen molar-refractivity contribution in [2.45, 2.75) is 76.5 Å². The van der Waals surface area contributed by atoms with Crippen LogP contribution in [-0.2, 0) is 5.41 Å². The summed E-state index contributed by atoms with van der Waals surface area (Å²) in [4.78, 5) is 0. The summed E-state index contributed by atoms with van der Waals surface area (Å²) >= 11 is 0. The zero-order valence-electron chi connectivity index (χ0n) is 17.4. The Morgan fingerprint density at radius 2 is 1.36 bits per heavy atom. The average molecular weight is 371 g/mol. The first-order valence-electron chi connectivity index (χ1n) is 11.7. The third-order valence-electron chi connectivity index (χ3n) is 8.14. The molecule has 146 valence electrons. The molecular weight excluding hydrogens is 336 g/mol. The lowest BCUT2D eigenvalue weighted by Gasteiger charge is -2.47. The number of fused-ring (bicyclic) bond motifs is 3. The van der Waals surface area contributed by atoms with Crippen LogP contribution in [0.2, 0.25) is 0 Å². The van der Waals surface area contributed by atoms with E-state index >= 15 is 0 Å². The summed E-state index contributed by atoms with van der Waals surface area (Å²) in [7, 11) is 0. The maximum absolute atomic E-state index is 2.57. The first kappa shape index (κ1) is 18.2. The van der Waals surface area contributed by atoms with Crippen LogP contribution >= 0.6 is 0 Å². The predicted molar refractivity (Wildman–Crippen MR) is 120 cm³/mol. The van der Waals surface area contributed by atoms with Crippen LogP contribution in [0.25, 0.3) is 11.1 Å². The van der Waals surface area contributed by atoms with Gasteiger partial charge in [0.25, 0.3) is 0 Å². The second-order valence-corrected chi connectivity index (χ2v) is 9.32. The van der Waals surface area contributed by atoms with Crippen molar-refractivity contribution in [3.05, 3.63) is 71.3 Å². The minimum absolute atomic E-state index is 0.241. The predicted octanol–water partition coefficient (Wildman–Crippen LogP) is 8.06. The average Bonchev–Trinajstić information content (AvgIpc) is 2.89. The molecule has 0 saturated heterocycles. The van der Waals surface area contributed by atoms with Crippen molar-refractivity contribution in [1.29, 1.82) is 0 Å². The fourth-order valence-electron chi connectivity index (χ4n) is 6.94. The van der Waals surface area contributed by atoms with Crippen molar-refractivity contribution in [3.8, 4) is 11.1 Å². The van der Waals surface area contributed by atoms with Gasteiger partial charge in [0.2, 0.25) is 0 Å². The maximum atomic E-state index is 2.57. The lowest BCUT2D eigenvalue weighted by atomic mass is 9.56. The molecule has 3 aliphatic rings. The molecule has 5 rings (SSSR count). The lowest BCUT2D eigenvalue weighted by Crippen LogP contribution is -2.43. The topological polar surface area (TPSA) is 0 Å². The molecule has 1 unspecified atom stereocenters. The zero-order valence-corrected chi connectivity index (χ0v) is 17.4.